The summed E-state index contributed by atoms with van der Waals surface area (Å²) in [5.74, 6) is 0. The number of aromatic nitrogens is 2. The van der Waals surface area contributed by atoms with Crippen molar-refractivity contribution in [1.82, 2.24) is 9.55 Å². The molecule has 0 atom stereocenters. The molecule has 152 valence electrons. The molecule has 0 aromatic carbocycles. The summed E-state index contributed by atoms with van der Waals surface area (Å²) in [7, 11) is 0. The molecule has 0 radical (unpaired) electrons. The van der Waals surface area contributed by atoms with Crippen LogP contribution in [0.15, 0.2) is 18.7 Å². The van der Waals surface area contributed by atoms with Crippen LogP contribution in [0.2, 0.25) is 0 Å². The molecule has 1 rings (SSSR count). The maximum Gasteiger partial charge on any atom is 0.0950 e. The van der Waals surface area contributed by atoms with Gasteiger partial charge in [-0.3, -0.25) is 0 Å². The van der Waals surface area contributed by atoms with Gasteiger partial charge in [-0.05, 0) is 20.3 Å². The lowest BCUT2D eigenvalue weighted by molar-refractivity contribution is 0.312. The van der Waals surface area contributed by atoms with Gasteiger partial charge in [0, 0.05) is 17.9 Å². The lowest BCUT2D eigenvalue weighted by Gasteiger charge is -2.26. The molecule has 0 bridgehead atoms. The van der Waals surface area contributed by atoms with Crippen LogP contribution in [-0.2, 0) is 5.54 Å². The highest BCUT2D eigenvalue weighted by atomic mass is 15.1. The summed E-state index contributed by atoms with van der Waals surface area (Å²) in [5, 5.41) is 0. The SMILES string of the molecule is CCCCCCCCCCCCCCCCCCC(C)(C)n1ccnc1. The summed E-state index contributed by atoms with van der Waals surface area (Å²) < 4.78 is 2.25. The van der Waals surface area contributed by atoms with Crippen molar-refractivity contribution in [3.05, 3.63) is 18.7 Å². The first kappa shape index (κ1) is 23.2. The second-order valence-corrected chi connectivity index (χ2v) is 8.84. The van der Waals surface area contributed by atoms with Crippen molar-refractivity contribution in [3.8, 4) is 0 Å². The fourth-order valence-corrected chi connectivity index (χ4v) is 3.85. The summed E-state index contributed by atoms with van der Waals surface area (Å²) in [5.41, 5.74) is 0.215. The summed E-state index contributed by atoms with van der Waals surface area (Å²) in [6.45, 7) is 6.93. The van der Waals surface area contributed by atoms with Gasteiger partial charge in [-0.15, -0.1) is 0 Å². The van der Waals surface area contributed by atoms with E-state index in [4.69, 9.17) is 0 Å². The van der Waals surface area contributed by atoms with E-state index in [2.05, 4.69) is 36.5 Å². The molecule has 1 heterocycles. The molecule has 1 aromatic rings. The van der Waals surface area contributed by atoms with Gasteiger partial charge in [0.2, 0.25) is 0 Å². The van der Waals surface area contributed by atoms with Crippen molar-refractivity contribution in [1.29, 1.82) is 0 Å². The minimum Gasteiger partial charge on any atom is -0.332 e. The molecule has 0 saturated heterocycles. The molecular formula is C24H46N2. The average molecular weight is 363 g/mol. The molecule has 0 aliphatic carbocycles. The van der Waals surface area contributed by atoms with E-state index in [-0.39, 0.29) is 5.54 Å². The fourth-order valence-electron chi connectivity index (χ4n) is 3.85. The Labute approximate surface area is 164 Å². The van der Waals surface area contributed by atoms with Crippen LogP contribution >= 0.6 is 0 Å². The van der Waals surface area contributed by atoms with E-state index in [0.29, 0.717) is 0 Å². The Morgan fingerprint density at radius 1 is 0.654 bits per heavy atom. The Morgan fingerprint density at radius 3 is 1.46 bits per heavy atom. The zero-order chi connectivity index (χ0) is 18.9. The third kappa shape index (κ3) is 11.8. The van der Waals surface area contributed by atoms with Crippen LogP contribution < -0.4 is 0 Å². The Bertz CT molecular complexity index is 394. The normalized spacial score (nSPS) is 12.0. The van der Waals surface area contributed by atoms with Crippen molar-refractivity contribution in [2.24, 2.45) is 0 Å². The minimum atomic E-state index is 0.215. The molecule has 0 saturated carbocycles. The Hall–Kier alpha value is -0.790. The van der Waals surface area contributed by atoms with Gasteiger partial charge < -0.3 is 4.57 Å². The molecule has 0 unspecified atom stereocenters. The number of hydrogen-bond acceptors (Lipinski definition) is 1. The van der Waals surface area contributed by atoms with Crippen LogP contribution in [0.1, 0.15) is 130 Å². The van der Waals surface area contributed by atoms with E-state index < -0.39 is 0 Å². The van der Waals surface area contributed by atoms with Gasteiger partial charge >= 0.3 is 0 Å². The Kier molecular flexibility index (Phi) is 13.7. The molecule has 1 aromatic heterocycles. The zero-order valence-corrected chi connectivity index (χ0v) is 18.1. The molecule has 0 spiro atoms. The molecule has 26 heavy (non-hydrogen) atoms. The first-order chi connectivity index (χ1) is 12.7. The van der Waals surface area contributed by atoms with E-state index in [9.17, 15) is 0 Å². The zero-order valence-electron chi connectivity index (χ0n) is 18.1. The van der Waals surface area contributed by atoms with Crippen molar-refractivity contribution in [3.63, 3.8) is 0 Å². The fraction of sp³-hybridized carbons (Fsp3) is 0.875. The number of unbranched alkanes of at least 4 members (excludes halogenated alkanes) is 15. The van der Waals surface area contributed by atoms with E-state index in [1.54, 1.807) is 0 Å². The quantitative estimate of drug-likeness (QED) is 0.240. The molecule has 2 heteroatoms. The van der Waals surface area contributed by atoms with Gasteiger partial charge in [0.1, 0.15) is 0 Å². The largest absolute Gasteiger partial charge is 0.332 e. The molecule has 2 nitrogen and oxygen atoms in total. The van der Waals surface area contributed by atoms with Crippen LogP contribution in [0.25, 0.3) is 0 Å². The highest BCUT2D eigenvalue weighted by molar-refractivity contribution is 4.85. The van der Waals surface area contributed by atoms with E-state index in [0.717, 1.165) is 0 Å². The first-order valence-electron chi connectivity index (χ1n) is 11.7. The second-order valence-electron chi connectivity index (χ2n) is 8.84. The predicted molar refractivity (Wildman–Crippen MR) is 116 cm³/mol. The van der Waals surface area contributed by atoms with Crippen molar-refractivity contribution >= 4 is 0 Å². The maximum absolute atomic E-state index is 4.18. The molecule has 0 aliphatic heterocycles. The van der Waals surface area contributed by atoms with Crippen LogP contribution in [0.5, 0.6) is 0 Å². The molecular weight excluding hydrogens is 316 g/mol. The minimum absolute atomic E-state index is 0.215. The predicted octanol–water partition coefficient (Wildman–Crippen LogP) is 8.27. The number of imidazole rings is 1. The van der Waals surface area contributed by atoms with E-state index in [1.807, 2.05) is 12.5 Å². The summed E-state index contributed by atoms with van der Waals surface area (Å²) >= 11 is 0. The van der Waals surface area contributed by atoms with E-state index in [1.165, 1.54) is 109 Å². The van der Waals surface area contributed by atoms with Gasteiger partial charge in [0.25, 0.3) is 0 Å². The third-order valence-electron chi connectivity index (χ3n) is 5.85. The lowest BCUT2D eigenvalue weighted by atomic mass is 9.95. The monoisotopic (exact) mass is 362 g/mol. The van der Waals surface area contributed by atoms with E-state index >= 15 is 0 Å². The van der Waals surface area contributed by atoms with Gasteiger partial charge in [-0.2, -0.15) is 0 Å². The van der Waals surface area contributed by atoms with Gasteiger partial charge in [0.05, 0.1) is 6.33 Å². The first-order valence-corrected chi connectivity index (χ1v) is 11.7. The highest BCUT2D eigenvalue weighted by Gasteiger charge is 2.18. The molecule has 0 amide bonds. The number of nitrogens with zero attached hydrogens (tertiary/aromatic N) is 2. The smallest absolute Gasteiger partial charge is 0.0950 e. The molecule has 0 N–H and O–H groups in total. The van der Waals surface area contributed by atoms with Crippen molar-refractivity contribution in [2.45, 2.75) is 135 Å². The van der Waals surface area contributed by atoms with Crippen LogP contribution in [0.3, 0.4) is 0 Å². The van der Waals surface area contributed by atoms with Gasteiger partial charge in [-0.1, -0.05) is 110 Å². The second kappa shape index (κ2) is 15.3. The van der Waals surface area contributed by atoms with Crippen LogP contribution in [-0.4, -0.2) is 9.55 Å². The van der Waals surface area contributed by atoms with Gasteiger partial charge in [0.15, 0.2) is 0 Å². The molecule has 0 aliphatic rings. The van der Waals surface area contributed by atoms with Gasteiger partial charge in [-0.25, -0.2) is 4.98 Å². The lowest BCUT2D eigenvalue weighted by Crippen LogP contribution is -2.24. The Morgan fingerprint density at radius 2 is 1.08 bits per heavy atom. The van der Waals surface area contributed by atoms with Crippen LogP contribution in [0, 0.1) is 0 Å². The summed E-state index contributed by atoms with van der Waals surface area (Å²) in [6.07, 6.45) is 30.2. The Balaban J connectivity index is 1.78. The number of rotatable bonds is 18. The summed E-state index contributed by atoms with van der Waals surface area (Å²) in [4.78, 5) is 4.18. The topological polar surface area (TPSA) is 17.8 Å². The van der Waals surface area contributed by atoms with Crippen molar-refractivity contribution in [2.75, 3.05) is 0 Å². The average Bonchev–Trinajstić information content (AvgIpc) is 3.17. The van der Waals surface area contributed by atoms with Crippen molar-refractivity contribution < 1.29 is 0 Å². The highest BCUT2D eigenvalue weighted by Crippen LogP contribution is 2.23. The maximum atomic E-state index is 4.18. The standard InChI is InChI=1S/C24H46N2/c1-4-5-6-7-8-9-10-11-12-13-14-15-16-17-18-19-20-24(2,3)26-22-21-25-23-26/h21-23H,4-20H2,1-3H3. The van der Waals surface area contributed by atoms with Crippen LogP contribution in [0.4, 0.5) is 0 Å². The summed E-state index contributed by atoms with van der Waals surface area (Å²) in [6, 6.07) is 0. The third-order valence-corrected chi connectivity index (χ3v) is 5.85. The number of hydrogen-bond donors (Lipinski definition) is 0. The molecule has 0 fully saturated rings.